The summed E-state index contributed by atoms with van der Waals surface area (Å²) in [7, 11) is -4.03. The van der Waals surface area contributed by atoms with Crippen molar-refractivity contribution < 1.29 is 14.4 Å². The Morgan fingerprint density at radius 3 is 1.83 bits per heavy atom. The van der Waals surface area contributed by atoms with Gasteiger partial charge in [-0.2, -0.15) is 4.49 Å². The summed E-state index contributed by atoms with van der Waals surface area (Å²) in [5.74, 6) is 0. The molecule has 6 heteroatoms. The summed E-state index contributed by atoms with van der Waals surface area (Å²) >= 11 is 3.09. The number of rotatable bonds is 1. The zero-order chi connectivity index (χ0) is 5.21. The van der Waals surface area contributed by atoms with Crippen LogP contribution < -0.4 is 4.49 Å². The average molecular weight is 129 g/mol. The van der Waals surface area contributed by atoms with Gasteiger partial charge in [0.2, 0.25) is 0 Å². The molecular formula is H4NO3PS. The van der Waals surface area contributed by atoms with E-state index in [4.69, 9.17) is 9.79 Å². The van der Waals surface area contributed by atoms with Crippen LogP contribution in [0, 0.1) is 0 Å². The summed E-state index contributed by atoms with van der Waals surface area (Å²) in [6.45, 7) is 0. The molecule has 0 spiro atoms. The molecule has 0 aromatic rings. The molecule has 0 atom stereocenters. The largest absolute Gasteiger partial charge is 0.409 e. The minimum absolute atomic E-state index is 1.47. The summed E-state index contributed by atoms with van der Waals surface area (Å²) in [6, 6.07) is 0. The van der Waals surface area contributed by atoms with Crippen molar-refractivity contribution in [2.45, 2.75) is 0 Å². The first-order chi connectivity index (χ1) is 2.56. The first kappa shape index (κ1) is 6.46. The second kappa shape index (κ2) is 1.95. The van der Waals surface area contributed by atoms with E-state index in [0.717, 1.165) is 0 Å². The lowest BCUT2D eigenvalue weighted by atomic mass is 13.9. The van der Waals surface area contributed by atoms with Gasteiger partial charge in [-0.15, -0.1) is 0 Å². The van der Waals surface area contributed by atoms with E-state index in [1.54, 1.807) is 0 Å². The fourth-order valence-corrected chi connectivity index (χ4v) is 0. The smallest absolute Gasteiger partial charge is 0.312 e. The van der Waals surface area contributed by atoms with Gasteiger partial charge in [-0.25, -0.2) is 4.57 Å². The lowest BCUT2D eigenvalue weighted by Gasteiger charge is -1.93. The van der Waals surface area contributed by atoms with Crippen molar-refractivity contribution >= 4 is 20.6 Å². The van der Waals surface area contributed by atoms with Gasteiger partial charge in [0.25, 0.3) is 0 Å². The van der Waals surface area contributed by atoms with Crippen molar-refractivity contribution in [3.8, 4) is 0 Å². The van der Waals surface area contributed by atoms with Crippen molar-refractivity contribution in [1.82, 2.24) is 4.49 Å². The van der Waals surface area contributed by atoms with Crippen molar-refractivity contribution in [2.24, 2.45) is 0 Å². The zero-order valence-corrected chi connectivity index (χ0v) is 4.49. The minimum Gasteiger partial charge on any atom is -0.312 e. The van der Waals surface area contributed by atoms with Crippen LogP contribution in [-0.4, -0.2) is 9.79 Å². The van der Waals surface area contributed by atoms with Gasteiger partial charge in [-0.05, 0) is 0 Å². The number of hydrogen-bond acceptors (Lipinski definition) is 2. The molecule has 0 amide bonds. The molecule has 0 aliphatic heterocycles. The van der Waals surface area contributed by atoms with Gasteiger partial charge in [-0.3, -0.25) is 0 Å². The van der Waals surface area contributed by atoms with Gasteiger partial charge in [0.15, 0.2) is 0 Å². The van der Waals surface area contributed by atoms with Crippen LogP contribution in [0.5, 0.6) is 0 Å². The lowest BCUT2D eigenvalue weighted by molar-refractivity contribution is 0.370. The van der Waals surface area contributed by atoms with E-state index in [1.807, 2.05) is 0 Å². The molecule has 0 rings (SSSR count). The molecule has 6 heavy (non-hydrogen) atoms. The van der Waals surface area contributed by atoms with Crippen LogP contribution in [0.15, 0.2) is 0 Å². The van der Waals surface area contributed by atoms with Gasteiger partial charge >= 0.3 is 7.75 Å². The normalized spacial score (nSPS) is 11.8. The second-order valence-electron chi connectivity index (χ2n) is 0.644. The molecule has 0 fully saturated rings. The highest BCUT2D eigenvalue weighted by Crippen LogP contribution is 2.27. The molecule has 0 saturated carbocycles. The maximum absolute atomic E-state index is 9.51. The van der Waals surface area contributed by atoms with E-state index in [9.17, 15) is 4.57 Å². The molecule has 0 aliphatic carbocycles. The molecule has 0 aliphatic rings. The summed E-state index contributed by atoms with van der Waals surface area (Å²) < 4.78 is 11.0. The third-order valence-electron chi connectivity index (χ3n) is 0.130. The molecule has 0 unspecified atom stereocenters. The Bertz CT molecular complexity index is 74.9. The summed E-state index contributed by atoms with van der Waals surface area (Å²) in [5.41, 5.74) is 0. The van der Waals surface area contributed by atoms with Crippen LogP contribution in [0.2, 0.25) is 0 Å². The quantitative estimate of drug-likeness (QED) is 0.285. The molecule has 38 valence electrons. The summed E-state index contributed by atoms with van der Waals surface area (Å²) in [5, 5.41) is 0. The molecule has 4 nitrogen and oxygen atoms in total. The molecule has 0 radical (unpaired) electrons. The topological polar surface area (TPSA) is 69.6 Å². The number of thiol groups is 1. The maximum Gasteiger partial charge on any atom is 0.409 e. The maximum atomic E-state index is 9.51. The highest BCUT2D eigenvalue weighted by molar-refractivity contribution is 7.85. The molecule has 0 heterocycles. The van der Waals surface area contributed by atoms with Crippen molar-refractivity contribution in [3.05, 3.63) is 0 Å². The second-order valence-corrected chi connectivity index (χ2v) is 2.53. The van der Waals surface area contributed by atoms with Crippen molar-refractivity contribution in [1.29, 1.82) is 0 Å². The number of hydrogen-bond donors (Lipinski definition) is 4. The van der Waals surface area contributed by atoms with E-state index in [-0.39, 0.29) is 0 Å². The lowest BCUT2D eigenvalue weighted by Crippen LogP contribution is -1.90. The molecule has 3 N–H and O–H groups in total. The average Bonchev–Trinajstić information content (AvgIpc) is 1.35. The molecular weight excluding hydrogens is 125 g/mol. The van der Waals surface area contributed by atoms with E-state index in [1.165, 1.54) is 4.49 Å². The van der Waals surface area contributed by atoms with Gasteiger partial charge < -0.3 is 9.79 Å². The van der Waals surface area contributed by atoms with Crippen molar-refractivity contribution in [2.75, 3.05) is 0 Å². The van der Waals surface area contributed by atoms with Crippen LogP contribution in [-0.2, 0) is 4.57 Å². The Hall–Kier alpha value is 0.460. The first-order valence-corrected chi connectivity index (χ1v) is 3.09. The Morgan fingerprint density at radius 1 is 1.67 bits per heavy atom. The van der Waals surface area contributed by atoms with Gasteiger partial charge in [-0.1, -0.05) is 12.8 Å². The Kier molecular flexibility index (Phi) is 2.10. The van der Waals surface area contributed by atoms with Crippen LogP contribution in [0.3, 0.4) is 0 Å². The highest BCUT2D eigenvalue weighted by Gasteiger charge is 2.05. The van der Waals surface area contributed by atoms with Crippen LogP contribution in [0.1, 0.15) is 0 Å². The van der Waals surface area contributed by atoms with E-state index < -0.39 is 7.75 Å². The molecule has 0 aromatic carbocycles. The third kappa shape index (κ3) is 4.46. The predicted molar refractivity (Wildman–Crippen MR) is 24.2 cm³/mol. The monoisotopic (exact) mass is 129 g/mol. The Labute approximate surface area is 40.3 Å². The SMILES string of the molecule is O=P(O)(O)NS. The Morgan fingerprint density at radius 2 is 1.83 bits per heavy atom. The molecule has 0 aromatic heterocycles. The predicted octanol–water partition coefficient (Wildman–Crippen LogP) is -0.487. The number of nitrogens with one attached hydrogen (secondary N) is 1. The summed E-state index contributed by atoms with van der Waals surface area (Å²) in [6.07, 6.45) is 0. The summed E-state index contributed by atoms with van der Waals surface area (Å²) in [4.78, 5) is 15.5. The third-order valence-corrected chi connectivity index (χ3v) is 1.17. The molecule has 0 saturated heterocycles. The highest BCUT2D eigenvalue weighted by atomic mass is 32.1. The molecule has 0 bridgehead atoms. The zero-order valence-electron chi connectivity index (χ0n) is 2.70. The minimum atomic E-state index is -4.03. The standard InChI is InChI=1S/H4NO3PS/c2-5(3,4)1-6/h6H,(H3,1,2,3,4). The Balaban J connectivity index is 3.48. The van der Waals surface area contributed by atoms with Crippen LogP contribution >= 0.6 is 20.6 Å². The fraction of sp³-hybridized carbons (Fsp3) is 0. The van der Waals surface area contributed by atoms with Gasteiger partial charge in [0.05, 0.1) is 0 Å². The first-order valence-electron chi connectivity index (χ1n) is 1.03. The van der Waals surface area contributed by atoms with Gasteiger partial charge in [0, 0.05) is 0 Å². The fourth-order valence-electron chi connectivity index (χ4n) is 0. The van der Waals surface area contributed by atoms with Gasteiger partial charge in [0.1, 0.15) is 0 Å². The van der Waals surface area contributed by atoms with Crippen LogP contribution in [0.4, 0.5) is 0 Å². The van der Waals surface area contributed by atoms with Crippen LogP contribution in [0.25, 0.3) is 0 Å². The van der Waals surface area contributed by atoms with Crippen molar-refractivity contribution in [3.63, 3.8) is 0 Å². The van der Waals surface area contributed by atoms with E-state index >= 15 is 0 Å². The van der Waals surface area contributed by atoms with E-state index in [2.05, 4.69) is 12.8 Å². The van der Waals surface area contributed by atoms with E-state index in [0.29, 0.717) is 0 Å².